The van der Waals surface area contributed by atoms with Crippen LogP contribution in [-0.4, -0.2) is 17.9 Å². The molecule has 1 rings (SSSR count). The van der Waals surface area contributed by atoms with Crippen molar-refractivity contribution >= 4 is 17.5 Å². The Morgan fingerprint density at radius 2 is 1.87 bits per heavy atom. The van der Waals surface area contributed by atoms with Gasteiger partial charge in [0.15, 0.2) is 0 Å². The second-order valence-corrected chi connectivity index (χ2v) is 7.06. The van der Waals surface area contributed by atoms with Crippen LogP contribution in [0.5, 0.6) is 0 Å². The highest BCUT2D eigenvalue weighted by Crippen LogP contribution is 2.17. The first kappa shape index (κ1) is 19.2. The maximum Gasteiger partial charge on any atom is 0.237 e. The second-order valence-electron chi connectivity index (χ2n) is 7.06. The Morgan fingerprint density at radius 1 is 1.22 bits per heavy atom. The number of hydrogen-bond acceptors (Lipinski definition) is 3. The van der Waals surface area contributed by atoms with Gasteiger partial charge in [-0.3, -0.25) is 9.59 Å². The topological polar surface area (TPSA) is 84.2 Å². The normalized spacial score (nSPS) is 14.0. The summed E-state index contributed by atoms with van der Waals surface area (Å²) >= 11 is 0. The zero-order chi connectivity index (χ0) is 17.6. The molecule has 0 aliphatic rings. The van der Waals surface area contributed by atoms with E-state index in [0.717, 1.165) is 17.7 Å². The van der Waals surface area contributed by atoms with Crippen molar-refractivity contribution in [2.45, 2.75) is 53.6 Å². The van der Waals surface area contributed by atoms with Gasteiger partial charge < -0.3 is 16.4 Å². The van der Waals surface area contributed by atoms with Crippen LogP contribution in [0.15, 0.2) is 24.3 Å². The third-order valence-corrected chi connectivity index (χ3v) is 3.94. The Bertz CT molecular complexity index is 549. The fraction of sp³-hybridized carbons (Fsp3) is 0.556. The van der Waals surface area contributed by atoms with E-state index in [-0.39, 0.29) is 23.1 Å². The first-order valence-corrected chi connectivity index (χ1v) is 8.08. The van der Waals surface area contributed by atoms with Crippen LogP contribution < -0.4 is 16.4 Å². The largest absolute Gasteiger partial charge is 0.351 e. The first-order chi connectivity index (χ1) is 10.6. The zero-order valence-corrected chi connectivity index (χ0v) is 14.8. The van der Waals surface area contributed by atoms with Crippen LogP contribution in [0.25, 0.3) is 0 Å². The molecule has 2 atom stereocenters. The molecular formula is C18H29N3O2. The molecule has 1 aromatic carbocycles. The van der Waals surface area contributed by atoms with Gasteiger partial charge in [0.1, 0.15) is 0 Å². The Labute approximate surface area is 139 Å². The van der Waals surface area contributed by atoms with E-state index in [2.05, 4.69) is 10.6 Å². The average Bonchev–Trinajstić information content (AvgIpc) is 2.50. The minimum Gasteiger partial charge on any atom is -0.351 e. The number of nitrogens with two attached hydrogens (primary N) is 1. The molecular weight excluding hydrogens is 290 g/mol. The summed E-state index contributed by atoms with van der Waals surface area (Å²) in [4.78, 5) is 24.0. The Kier molecular flexibility index (Phi) is 6.76. The van der Waals surface area contributed by atoms with E-state index in [1.165, 1.54) is 0 Å². The van der Waals surface area contributed by atoms with Crippen molar-refractivity contribution in [2.75, 3.05) is 5.32 Å². The number of benzene rings is 1. The summed E-state index contributed by atoms with van der Waals surface area (Å²) in [5.74, 6) is -0.196. The number of anilines is 1. The molecule has 0 aromatic heterocycles. The van der Waals surface area contributed by atoms with Crippen LogP contribution in [0.1, 0.15) is 46.6 Å². The van der Waals surface area contributed by atoms with Gasteiger partial charge >= 0.3 is 0 Å². The number of hydrogen-bond donors (Lipinski definition) is 3. The van der Waals surface area contributed by atoms with E-state index in [4.69, 9.17) is 5.73 Å². The summed E-state index contributed by atoms with van der Waals surface area (Å²) in [5, 5.41) is 5.73. The van der Waals surface area contributed by atoms with Crippen LogP contribution >= 0.6 is 0 Å². The molecule has 4 N–H and O–H groups in total. The maximum atomic E-state index is 12.0. The number of rotatable bonds is 6. The monoisotopic (exact) mass is 319 g/mol. The summed E-state index contributed by atoms with van der Waals surface area (Å²) < 4.78 is 0. The fourth-order valence-corrected chi connectivity index (χ4v) is 1.90. The van der Waals surface area contributed by atoms with Crippen molar-refractivity contribution in [1.82, 2.24) is 5.32 Å². The molecule has 0 radical (unpaired) electrons. The van der Waals surface area contributed by atoms with E-state index in [0.29, 0.717) is 6.54 Å². The van der Waals surface area contributed by atoms with Crippen LogP contribution in [-0.2, 0) is 16.1 Å². The molecule has 0 bridgehead atoms. The van der Waals surface area contributed by atoms with Gasteiger partial charge in [-0.05, 0) is 29.5 Å². The van der Waals surface area contributed by atoms with Crippen molar-refractivity contribution < 1.29 is 9.59 Å². The highest BCUT2D eigenvalue weighted by Gasteiger charge is 2.27. The molecule has 5 heteroatoms. The third-order valence-electron chi connectivity index (χ3n) is 3.94. The molecule has 1 unspecified atom stereocenters. The molecule has 23 heavy (non-hydrogen) atoms. The minimum absolute atomic E-state index is 0.00319. The van der Waals surface area contributed by atoms with Crippen molar-refractivity contribution in [3.63, 3.8) is 0 Å². The summed E-state index contributed by atoms with van der Waals surface area (Å²) in [6.07, 6.45) is 0.798. The third kappa shape index (κ3) is 6.02. The molecule has 0 saturated heterocycles. The van der Waals surface area contributed by atoms with Gasteiger partial charge in [0, 0.05) is 18.2 Å². The molecule has 0 heterocycles. The lowest BCUT2D eigenvalue weighted by Crippen LogP contribution is -2.48. The quantitative estimate of drug-likeness (QED) is 0.753. The van der Waals surface area contributed by atoms with Crippen LogP contribution in [0, 0.1) is 11.3 Å². The SMILES string of the molecule is CCC(C)C(=O)Nc1cccc(CNC(=O)[C@@H](N)C(C)(C)C)c1. The Balaban J connectivity index is 2.64. The first-order valence-electron chi connectivity index (χ1n) is 8.08. The number of carbonyl (C=O) groups is 2. The van der Waals surface area contributed by atoms with Gasteiger partial charge in [-0.2, -0.15) is 0 Å². The highest BCUT2D eigenvalue weighted by molar-refractivity contribution is 5.92. The van der Waals surface area contributed by atoms with Crippen LogP contribution in [0.3, 0.4) is 0 Å². The smallest absolute Gasteiger partial charge is 0.237 e. The fourth-order valence-electron chi connectivity index (χ4n) is 1.90. The number of nitrogens with one attached hydrogen (secondary N) is 2. The predicted molar refractivity (Wildman–Crippen MR) is 93.8 cm³/mol. The molecule has 0 saturated carbocycles. The standard InChI is InChI=1S/C18H29N3O2/c1-6-12(2)16(22)21-14-9-7-8-13(10-14)11-20-17(23)15(19)18(3,4)5/h7-10,12,15H,6,11,19H2,1-5H3,(H,20,23)(H,21,22)/t12?,15-/m1/s1. The molecule has 0 aliphatic carbocycles. The number of carbonyl (C=O) groups excluding carboxylic acids is 2. The van der Waals surface area contributed by atoms with Crippen LogP contribution in [0.4, 0.5) is 5.69 Å². The van der Waals surface area contributed by atoms with Gasteiger partial charge in [-0.15, -0.1) is 0 Å². The van der Waals surface area contributed by atoms with Crippen molar-refractivity contribution in [2.24, 2.45) is 17.1 Å². The molecule has 0 aliphatic heterocycles. The lowest BCUT2D eigenvalue weighted by molar-refractivity contribution is -0.124. The van der Waals surface area contributed by atoms with Gasteiger partial charge in [0.05, 0.1) is 6.04 Å². The summed E-state index contributed by atoms with van der Waals surface area (Å²) in [7, 11) is 0. The lowest BCUT2D eigenvalue weighted by Gasteiger charge is -2.25. The Hall–Kier alpha value is -1.88. The maximum absolute atomic E-state index is 12.0. The number of amides is 2. The van der Waals surface area contributed by atoms with Crippen molar-refractivity contribution in [1.29, 1.82) is 0 Å². The molecule has 5 nitrogen and oxygen atoms in total. The van der Waals surface area contributed by atoms with Gasteiger partial charge in [-0.25, -0.2) is 0 Å². The van der Waals surface area contributed by atoms with E-state index in [1.54, 1.807) is 0 Å². The van der Waals surface area contributed by atoms with Gasteiger partial charge in [0.25, 0.3) is 0 Å². The van der Waals surface area contributed by atoms with Crippen LogP contribution in [0.2, 0.25) is 0 Å². The minimum atomic E-state index is -0.559. The van der Waals surface area contributed by atoms with E-state index >= 15 is 0 Å². The highest BCUT2D eigenvalue weighted by atomic mass is 16.2. The van der Waals surface area contributed by atoms with Crippen molar-refractivity contribution in [3.05, 3.63) is 29.8 Å². The van der Waals surface area contributed by atoms with Crippen molar-refractivity contribution in [3.8, 4) is 0 Å². The molecule has 0 spiro atoms. The lowest BCUT2D eigenvalue weighted by atomic mass is 9.87. The molecule has 0 fully saturated rings. The van der Waals surface area contributed by atoms with Gasteiger partial charge in [0.2, 0.25) is 11.8 Å². The average molecular weight is 319 g/mol. The zero-order valence-electron chi connectivity index (χ0n) is 14.8. The Morgan fingerprint density at radius 3 is 2.43 bits per heavy atom. The predicted octanol–water partition coefficient (Wildman–Crippen LogP) is 2.66. The molecule has 128 valence electrons. The summed E-state index contributed by atoms with van der Waals surface area (Å²) in [6, 6.07) is 6.91. The second kappa shape index (κ2) is 8.11. The van der Waals surface area contributed by atoms with E-state index in [1.807, 2.05) is 58.9 Å². The molecule has 1 aromatic rings. The van der Waals surface area contributed by atoms with Gasteiger partial charge in [-0.1, -0.05) is 46.8 Å². The summed E-state index contributed by atoms with van der Waals surface area (Å²) in [5.41, 5.74) is 7.31. The van der Waals surface area contributed by atoms with E-state index in [9.17, 15) is 9.59 Å². The summed E-state index contributed by atoms with van der Waals surface area (Å²) in [6.45, 7) is 10.1. The van der Waals surface area contributed by atoms with E-state index < -0.39 is 6.04 Å². The molecule has 2 amide bonds.